The molecule has 0 heterocycles. The topological polar surface area (TPSA) is 72.5 Å². The summed E-state index contributed by atoms with van der Waals surface area (Å²) in [4.78, 5) is 32.9. The number of amides is 1. The molecule has 1 rings (SSSR count). The van der Waals surface area contributed by atoms with E-state index in [1.54, 1.807) is 32.9 Å². The zero-order valence-electron chi connectivity index (χ0n) is 12.9. The summed E-state index contributed by atoms with van der Waals surface area (Å²) in [7, 11) is 0. The summed E-state index contributed by atoms with van der Waals surface area (Å²) >= 11 is 0. The number of ether oxygens (including phenoxy) is 1. The van der Waals surface area contributed by atoms with E-state index in [0.29, 0.717) is 42.2 Å². The fourth-order valence-electron chi connectivity index (χ4n) is 1.59. The Kier molecular flexibility index (Phi) is 6.33. The minimum atomic E-state index is -0.531. The summed E-state index contributed by atoms with van der Waals surface area (Å²) in [5.41, 5.74) is 0.863. The third-order valence-corrected chi connectivity index (χ3v) is 2.40. The second kappa shape index (κ2) is 7.99. The molecule has 0 unspecified atom stereocenters. The van der Waals surface area contributed by atoms with E-state index in [9.17, 15) is 14.4 Å². The van der Waals surface area contributed by atoms with Crippen molar-refractivity contribution >= 4 is 18.7 Å². The van der Waals surface area contributed by atoms with Crippen LogP contribution in [0, 0.1) is 11.8 Å². The summed E-state index contributed by atoms with van der Waals surface area (Å²) in [6.45, 7) is 5.72. The standard InChI is InChI=1S/C17H19NO4/c1-17(2,3)22-16(21)18-7-5-4-6-13-8-14(11-19)10-15(9-13)12-20/h8-12H,5,7H2,1-3H3,(H,18,21). The van der Waals surface area contributed by atoms with Gasteiger partial charge < -0.3 is 10.1 Å². The van der Waals surface area contributed by atoms with Gasteiger partial charge in [0.25, 0.3) is 0 Å². The normalized spacial score (nSPS) is 10.1. The molecule has 0 atom stereocenters. The molecule has 1 aromatic carbocycles. The van der Waals surface area contributed by atoms with Gasteiger partial charge in [-0.2, -0.15) is 0 Å². The van der Waals surface area contributed by atoms with Crippen LogP contribution >= 0.6 is 0 Å². The summed E-state index contributed by atoms with van der Waals surface area (Å²) in [5, 5.41) is 2.59. The minimum Gasteiger partial charge on any atom is -0.444 e. The molecule has 116 valence electrons. The number of carbonyl (C=O) groups excluding carboxylic acids is 3. The van der Waals surface area contributed by atoms with Crippen molar-refractivity contribution in [1.82, 2.24) is 5.32 Å². The molecule has 5 nitrogen and oxygen atoms in total. The second-order valence-corrected chi connectivity index (χ2v) is 5.60. The number of benzene rings is 1. The molecule has 0 spiro atoms. The van der Waals surface area contributed by atoms with Crippen LogP contribution in [-0.2, 0) is 4.74 Å². The smallest absolute Gasteiger partial charge is 0.407 e. The van der Waals surface area contributed by atoms with E-state index >= 15 is 0 Å². The molecule has 1 N–H and O–H groups in total. The molecule has 0 radical (unpaired) electrons. The lowest BCUT2D eigenvalue weighted by molar-refractivity contribution is 0.0529. The monoisotopic (exact) mass is 301 g/mol. The van der Waals surface area contributed by atoms with Crippen molar-refractivity contribution in [2.24, 2.45) is 0 Å². The molecule has 0 saturated carbocycles. The molecular formula is C17H19NO4. The average Bonchev–Trinajstić information content (AvgIpc) is 2.44. The maximum atomic E-state index is 11.4. The summed E-state index contributed by atoms with van der Waals surface area (Å²) in [6, 6.07) is 4.71. The van der Waals surface area contributed by atoms with Crippen LogP contribution < -0.4 is 5.32 Å². The van der Waals surface area contributed by atoms with E-state index in [0.717, 1.165) is 0 Å². The SMILES string of the molecule is CC(C)(C)OC(=O)NCCC#Cc1cc(C=O)cc(C=O)c1. The minimum absolute atomic E-state index is 0.357. The van der Waals surface area contributed by atoms with E-state index in [1.807, 2.05) is 0 Å². The van der Waals surface area contributed by atoms with Gasteiger partial charge in [0.1, 0.15) is 18.2 Å². The first-order valence-electron chi connectivity index (χ1n) is 6.85. The van der Waals surface area contributed by atoms with E-state index in [4.69, 9.17) is 4.74 Å². The Hall–Kier alpha value is -2.61. The third kappa shape index (κ3) is 6.71. The Morgan fingerprint density at radius 3 is 2.27 bits per heavy atom. The molecule has 1 amide bonds. The second-order valence-electron chi connectivity index (χ2n) is 5.60. The number of aldehydes is 2. The van der Waals surface area contributed by atoms with Crippen molar-refractivity contribution in [1.29, 1.82) is 0 Å². The fraction of sp³-hybridized carbons (Fsp3) is 0.353. The Morgan fingerprint density at radius 1 is 1.18 bits per heavy atom. The molecule has 5 heteroatoms. The largest absolute Gasteiger partial charge is 0.444 e. The van der Waals surface area contributed by atoms with Gasteiger partial charge in [-0.15, -0.1) is 0 Å². The van der Waals surface area contributed by atoms with E-state index in [-0.39, 0.29) is 0 Å². The van der Waals surface area contributed by atoms with Gasteiger partial charge in [0, 0.05) is 29.7 Å². The quantitative estimate of drug-likeness (QED) is 0.527. The molecule has 0 fully saturated rings. The van der Waals surface area contributed by atoms with Gasteiger partial charge in [-0.3, -0.25) is 9.59 Å². The molecule has 0 saturated heterocycles. The summed E-state index contributed by atoms with van der Waals surface area (Å²) in [5.74, 6) is 5.73. The zero-order chi connectivity index (χ0) is 16.6. The zero-order valence-corrected chi connectivity index (χ0v) is 12.9. The van der Waals surface area contributed by atoms with Crippen LogP contribution in [0.2, 0.25) is 0 Å². The average molecular weight is 301 g/mol. The van der Waals surface area contributed by atoms with Gasteiger partial charge in [-0.1, -0.05) is 11.8 Å². The van der Waals surface area contributed by atoms with Crippen molar-refractivity contribution in [3.05, 3.63) is 34.9 Å². The molecule has 0 aliphatic heterocycles. The molecule has 0 aliphatic carbocycles. The highest BCUT2D eigenvalue weighted by molar-refractivity contribution is 5.83. The van der Waals surface area contributed by atoms with Crippen molar-refractivity contribution in [3.8, 4) is 11.8 Å². The van der Waals surface area contributed by atoms with Crippen molar-refractivity contribution in [3.63, 3.8) is 0 Å². The Labute approximate surface area is 130 Å². The third-order valence-electron chi connectivity index (χ3n) is 2.40. The van der Waals surface area contributed by atoms with Gasteiger partial charge in [0.2, 0.25) is 0 Å². The van der Waals surface area contributed by atoms with Gasteiger partial charge in [0.05, 0.1) is 0 Å². The maximum Gasteiger partial charge on any atom is 0.407 e. The number of hydrogen-bond donors (Lipinski definition) is 1. The predicted molar refractivity (Wildman–Crippen MR) is 82.9 cm³/mol. The molecule has 22 heavy (non-hydrogen) atoms. The van der Waals surface area contributed by atoms with Crippen LogP contribution in [0.4, 0.5) is 4.79 Å². The predicted octanol–water partition coefficient (Wildman–Crippen LogP) is 2.58. The van der Waals surface area contributed by atoms with Crippen LogP contribution in [0.25, 0.3) is 0 Å². The first-order chi connectivity index (χ1) is 10.3. The molecule has 0 aliphatic rings. The molecular weight excluding hydrogens is 282 g/mol. The van der Waals surface area contributed by atoms with Crippen molar-refractivity contribution in [2.75, 3.05) is 6.54 Å². The number of carbonyl (C=O) groups is 3. The fourth-order valence-corrected chi connectivity index (χ4v) is 1.59. The van der Waals surface area contributed by atoms with Gasteiger partial charge in [-0.05, 0) is 39.0 Å². The van der Waals surface area contributed by atoms with Gasteiger partial charge in [0.15, 0.2) is 0 Å². The Morgan fingerprint density at radius 2 is 1.77 bits per heavy atom. The number of hydrogen-bond acceptors (Lipinski definition) is 4. The Bertz CT molecular complexity index is 592. The highest BCUT2D eigenvalue weighted by Crippen LogP contribution is 2.07. The van der Waals surface area contributed by atoms with Crippen LogP contribution in [0.1, 0.15) is 53.5 Å². The van der Waals surface area contributed by atoms with Crippen LogP contribution in [0.15, 0.2) is 18.2 Å². The van der Waals surface area contributed by atoms with Crippen molar-refractivity contribution < 1.29 is 19.1 Å². The molecule has 0 aromatic heterocycles. The van der Waals surface area contributed by atoms with Crippen LogP contribution in [0.3, 0.4) is 0 Å². The number of alkyl carbamates (subject to hydrolysis) is 1. The first kappa shape index (κ1) is 17.4. The first-order valence-corrected chi connectivity index (χ1v) is 6.85. The van der Waals surface area contributed by atoms with E-state index in [2.05, 4.69) is 17.2 Å². The lowest BCUT2D eigenvalue weighted by Crippen LogP contribution is -2.32. The molecule has 0 bridgehead atoms. The Balaban J connectivity index is 2.53. The highest BCUT2D eigenvalue weighted by Gasteiger charge is 2.15. The van der Waals surface area contributed by atoms with Gasteiger partial charge in [-0.25, -0.2) is 4.79 Å². The van der Waals surface area contributed by atoms with Crippen LogP contribution in [0.5, 0.6) is 0 Å². The maximum absolute atomic E-state index is 11.4. The number of nitrogens with one attached hydrogen (secondary N) is 1. The summed E-state index contributed by atoms with van der Waals surface area (Å²) < 4.78 is 5.09. The van der Waals surface area contributed by atoms with Gasteiger partial charge >= 0.3 is 6.09 Å². The number of rotatable bonds is 4. The van der Waals surface area contributed by atoms with Crippen LogP contribution in [-0.4, -0.2) is 30.8 Å². The lowest BCUT2D eigenvalue weighted by Gasteiger charge is -2.19. The lowest BCUT2D eigenvalue weighted by atomic mass is 10.1. The summed E-state index contributed by atoms with van der Waals surface area (Å²) in [6.07, 6.45) is 1.28. The molecule has 1 aromatic rings. The van der Waals surface area contributed by atoms with E-state index in [1.165, 1.54) is 6.07 Å². The van der Waals surface area contributed by atoms with Crippen molar-refractivity contribution in [2.45, 2.75) is 32.8 Å². The highest BCUT2D eigenvalue weighted by atomic mass is 16.6. The van der Waals surface area contributed by atoms with E-state index < -0.39 is 11.7 Å².